The Labute approximate surface area is 100 Å². The molecular weight excluding hydrogens is 216 g/mol. The number of primary amides is 1. The van der Waals surface area contributed by atoms with Gasteiger partial charge >= 0.3 is 0 Å². The van der Waals surface area contributed by atoms with Gasteiger partial charge in [0.05, 0.1) is 13.2 Å². The highest BCUT2D eigenvalue weighted by Crippen LogP contribution is 2.16. The highest BCUT2D eigenvalue weighted by molar-refractivity contribution is 5.92. The van der Waals surface area contributed by atoms with Crippen molar-refractivity contribution in [2.75, 3.05) is 31.2 Å². The minimum atomic E-state index is -0.609. The first-order valence-electron chi connectivity index (χ1n) is 5.50. The second-order valence-electron chi connectivity index (χ2n) is 3.76. The second-order valence-corrected chi connectivity index (χ2v) is 3.76. The molecule has 1 heterocycles. The first kappa shape index (κ1) is 11.5. The fraction of sp³-hybridized carbons (Fsp3) is 0.308. The van der Waals surface area contributed by atoms with Gasteiger partial charge in [-0.2, -0.15) is 0 Å². The average Bonchev–Trinajstić information content (AvgIpc) is 2.38. The smallest absolute Gasteiger partial charge is 0.293 e. The summed E-state index contributed by atoms with van der Waals surface area (Å²) >= 11 is 0. The summed E-state index contributed by atoms with van der Waals surface area (Å²) in [6.07, 6.45) is 0. The Bertz CT molecular complexity index is 451. The van der Waals surface area contributed by atoms with Gasteiger partial charge in [-0.05, 0) is 30.2 Å². The number of hydrogen-bond donors (Lipinski definition) is 1. The lowest BCUT2D eigenvalue weighted by atomic mass is 10.2. The van der Waals surface area contributed by atoms with Gasteiger partial charge in [0.1, 0.15) is 0 Å². The molecule has 17 heavy (non-hydrogen) atoms. The van der Waals surface area contributed by atoms with E-state index in [-0.39, 0.29) is 0 Å². The second kappa shape index (κ2) is 5.37. The van der Waals surface area contributed by atoms with Gasteiger partial charge in [-0.15, -0.1) is 0 Å². The molecule has 0 aromatic heterocycles. The lowest BCUT2D eigenvalue weighted by Crippen LogP contribution is -2.36. The van der Waals surface area contributed by atoms with Crippen LogP contribution in [0.5, 0.6) is 0 Å². The summed E-state index contributed by atoms with van der Waals surface area (Å²) in [5.74, 6) is 4.41. The van der Waals surface area contributed by atoms with E-state index in [1.807, 2.05) is 24.3 Å². The summed E-state index contributed by atoms with van der Waals surface area (Å²) in [7, 11) is 0. The Morgan fingerprint density at radius 2 is 1.88 bits per heavy atom. The summed E-state index contributed by atoms with van der Waals surface area (Å²) in [6.45, 7) is 3.35. The van der Waals surface area contributed by atoms with Crippen LogP contribution >= 0.6 is 0 Å². The molecule has 1 saturated heterocycles. The molecule has 0 aliphatic carbocycles. The fourth-order valence-corrected chi connectivity index (χ4v) is 1.71. The molecule has 4 nitrogen and oxygen atoms in total. The van der Waals surface area contributed by atoms with Crippen molar-refractivity contribution in [1.29, 1.82) is 0 Å². The van der Waals surface area contributed by atoms with Crippen molar-refractivity contribution in [3.8, 4) is 11.8 Å². The fourth-order valence-electron chi connectivity index (χ4n) is 1.71. The predicted octanol–water partition coefficient (Wildman–Crippen LogP) is 0.360. The Kier molecular flexibility index (Phi) is 3.63. The molecule has 0 atom stereocenters. The van der Waals surface area contributed by atoms with Gasteiger partial charge in [0.15, 0.2) is 0 Å². The zero-order chi connectivity index (χ0) is 12.1. The minimum Gasteiger partial charge on any atom is -0.378 e. The lowest BCUT2D eigenvalue weighted by molar-refractivity contribution is -0.112. The van der Waals surface area contributed by atoms with Crippen LogP contribution in [0.15, 0.2) is 24.3 Å². The van der Waals surface area contributed by atoms with Crippen LogP contribution in [0, 0.1) is 11.8 Å². The third kappa shape index (κ3) is 3.23. The van der Waals surface area contributed by atoms with E-state index in [1.54, 1.807) is 0 Å². The molecule has 0 radical (unpaired) electrons. The van der Waals surface area contributed by atoms with Crippen molar-refractivity contribution >= 4 is 11.6 Å². The van der Waals surface area contributed by atoms with Crippen LogP contribution < -0.4 is 10.6 Å². The number of anilines is 1. The quantitative estimate of drug-likeness (QED) is 0.709. The molecule has 1 aliphatic rings. The molecule has 1 amide bonds. The third-order valence-corrected chi connectivity index (χ3v) is 2.57. The van der Waals surface area contributed by atoms with Crippen LogP contribution in [0.4, 0.5) is 5.69 Å². The number of carbonyl (C=O) groups is 1. The molecule has 0 spiro atoms. The van der Waals surface area contributed by atoms with E-state index in [0.29, 0.717) is 0 Å². The van der Waals surface area contributed by atoms with E-state index >= 15 is 0 Å². The first-order chi connectivity index (χ1) is 8.25. The van der Waals surface area contributed by atoms with Crippen LogP contribution in [-0.4, -0.2) is 32.2 Å². The monoisotopic (exact) mass is 230 g/mol. The molecule has 1 aliphatic heterocycles. The molecule has 0 bridgehead atoms. The van der Waals surface area contributed by atoms with Gasteiger partial charge in [0.2, 0.25) is 0 Å². The molecule has 4 heteroatoms. The molecule has 0 unspecified atom stereocenters. The number of morpholine rings is 1. The van der Waals surface area contributed by atoms with E-state index in [9.17, 15) is 4.79 Å². The van der Waals surface area contributed by atoms with Gasteiger partial charge in [-0.25, -0.2) is 0 Å². The maximum Gasteiger partial charge on any atom is 0.293 e. The Morgan fingerprint density at radius 1 is 1.24 bits per heavy atom. The van der Waals surface area contributed by atoms with Gasteiger partial charge in [-0.3, -0.25) is 4.79 Å². The van der Waals surface area contributed by atoms with Crippen molar-refractivity contribution in [2.24, 2.45) is 5.73 Å². The van der Waals surface area contributed by atoms with Crippen LogP contribution in [0.1, 0.15) is 5.56 Å². The number of rotatable bonds is 1. The van der Waals surface area contributed by atoms with E-state index in [0.717, 1.165) is 37.6 Å². The van der Waals surface area contributed by atoms with E-state index in [1.165, 1.54) is 0 Å². The Balaban J connectivity index is 2.07. The summed E-state index contributed by atoms with van der Waals surface area (Å²) in [5.41, 5.74) is 6.90. The summed E-state index contributed by atoms with van der Waals surface area (Å²) in [6, 6.07) is 7.77. The van der Waals surface area contributed by atoms with Gasteiger partial charge in [-0.1, -0.05) is 5.92 Å². The highest BCUT2D eigenvalue weighted by Gasteiger charge is 2.10. The van der Waals surface area contributed by atoms with Gasteiger partial charge in [0, 0.05) is 24.3 Å². The summed E-state index contributed by atoms with van der Waals surface area (Å²) in [5, 5.41) is 0. The Hall–Kier alpha value is -1.99. The molecular formula is C13H14N2O2. The number of hydrogen-bond acceptors (Lipinski definition) is 3. The van der Waals surface area contributed by atoms with Gasteiger partial charge in [0.25, 0.3) is 5.91 Å². The topological polar surface area (TPSA) is 55.6 Å². The van der Waals surface area contributed by atoms with Crippen LogP contribution in [-0.2, 0) is 9.53 Å². The number of carbonyl (C=O) groups excluding carboxylic acids is 1. The van der Waals surface area contributed by atoms with E-state index in [2.05, 4.69) is 16.7 Å². The average molecular weight is 230 g/mol. The zero-order valence-electron chi connectivity index (χ0n) is 9.48. The van der Waals surface area contributed by atoms with Crippen LogP contribution in [0.3, 0.4) is 0 Å². The molecule has 88 valence electrons. The van der Waals surface area contributed by atoms with Crippen molar-refractivity contribution in [3.05, 3.63) is 29.8 Å². The first-order valence-corrected chi connectivity index (χ1v) is 5.50. The number of amides is 1. The maximum atomic E-state index is 10.5. The van der Waals surface area contributed by atoms with Crippen molar-refractivity contribution in [3.63, 3.8) is 0 Å². The molecule has 1 aromatic rings. The third-order valence-electron chi connectivity index (χ3n) is 2.57. The number of ether oxygens (including phenoxy) is 1. The summed E-state index contributed by atoms with van der Waals surface area (Å²) in [4.78, 5) is 12.8. The van der Waals surface area contributed by atoms with Crippen molar-refractivity contribution in [1.82, 2.24) is 0 Å². The lowest BCUT2D eigenvalue weighted by Gasteiger charge is -2.28. The molecule has 2 N–H and O–H groups in total. The van der Waals surface area contributed by atoms with E-state index < -0.39 is 5.91 Å². The summed E-state index contributed by atoms with van der Waals surface area (Å²) < 4.78 is 5.29. The molecule has 1 aromatic carbocycles. The largest absolute Gasteiger partial charge is 0.378 e. The Morgan fingerprint density at radius 3 is 2.47 bits per heavy atom. The minimum absolute atomic E-state index is 0.609. The standard InChI is InChI=1S/C13H14N2O2/c14-13(16)6-3-11-1-4-12(5-2-11)15-7-9-17-10-8-15/h1-2,4-5H,7-10H2,(H2,14,16). The van der Waals surface area contributed by atoms with Crippen LogP contribution in [0.2, 0.25) is 0 Å². The SMILES string of the molecule is NC(=O)C#Cc1ccc(N2CCOCC2)cc1. The maximum absolute atomic E-state index is 10.5. The van der Waals surface area contributed by atoms with Crippen molar-refractivity contribution in [2.45, 2.75) is 0 Å². The number of nitrogens with two attached hydrogens (primary N) is 1. The normalized spacial score (nSPS) is 14.9. The van der Waals surface area contributed by atoms with Gasteiger partial charge < -0.3 is 15.4 Å². The number of benzene rings is 1. The molecule has 2 rings (SSSR count). The van der Waals surface area contributed by atoms with Crippen LogP contribution in [0.25, 0.3) is 0 Å². The highest BCUT2D eigenvalue weighted by atomic mass is 16.5. The predicted molar refractivity (Wildman–Crippen MR) is 65.5 cm³/mol. The molecule has 0 saturated carbocycles. The zero-order valence-corrected chi connectivity index (χ0v) is 9.48. The number of nitrogens with zero attached hydrogens (tertiary/aromatic N) is 1. The van der Waals surface area contributed by atoms with E-state index in [4.69, 9.17) is 10.5 Å². The van der Waals surface area contributed by atoms with Crippen molar-refractivity contribution < 1.29 is 9.53 Å². The molecule has 1 fully saturated rings.